The van der Waals surface area contributed by atoms with Crippen LogP contribution in [0.1, 0.15) is 6.42 Å². The number of benzene rings is 2. The summed E-state index contributed by atoms with van der Waals surface area (Å²) in [7, 11) is 3.17. The minimum absolute atomic E-state index is 0.0404. The van der Waals surface area contributed by atoms with E-state index in [9.17, 15) is 19.7 Å². The second-order valence-electron chi connectivity index (χ2n) is 6.27. The van der Waals surface area contributed by atoms with E-state index in [2.05, 4.69) is 0 Å². The first-order valence-corrected chi connectivity index (χ1v) is 8.37. The van der Waals surface area contributed by atoms with Gasteiger partial charge < -0.3 is 14.5 Å². The van der Waals surface area contributed by atoms with Gasteiger partial charge in [-0.2, -0.15) is 0 Å². The molecule has 0 bridgehead atoms. The third-order valence-electron chi connectivity index (χ3n) is 4.64. The number of hydrogen-bond donors (Lipinski definition) is 0. The van der Waals surface area contributed by atoms with Crippen LogP contribution in [0.2, 0.25) is 0 Å². The van der Waals surface area contributed by atoms with Gasteiger partial charge in [0.25, 0.3) is 5.69 Å². The molecule has 1 saturated heterocycles. The number of rotatable bonds is 5. The van der Waals surface area contributed by atoms with Crippen LogP contribution in [0.25, 0.3) is 0 Å². The van der Waals surface area contributed by atoms with Crippen LogP contribution < -0.4 is 14.5 Å². The summed E-state index contributed by atoms with van der Waals surface area (Å²) in [6.07, 6.45) is 0.127. The van der Waals surface area contributed by atoms with Crippen molar-refractivity contribution in [3.05, 3.63) is 58.6 Å². The lowest BCUT2D eigenvalue weighted by Crippen LogP contribution is -2.34. The zero-order chi connectivity index (χ0) is 19.6. The van der Waals surface area contributed by atoms with Crippen molar-refractivity contribution in [2.75, 3.05) is 30.5 Å². The molecule has 8 nitrogen and oxygen atoms in total. The maximum Gasteiger partial charge on any atom is 0.269 e. The molecule has 1 atom stereocenters. The van der Waals surface area contributed by atoms with Crippen molar-refractivity contribution in [3.63, 3.8) is 0 Å². The van der Waals surface area contributed by atoms with E-state index in [1.807, 2.05) is 0 Å². The molecule has 1 fully saturated rings. The topological polar surface area (TPSA) is 93.0 Å². The van der Waals surface area contributed by atoms with Gasteiger partial charge in [0.15, 0.2) is 0 Å². The van der Waals surface area contributed by atoms with Crippen molar-refractivity contribution in [2.24, 2.45) is 5.92 Å². The lowest BCUT2D eigenvalue weighted by atomic mass is 10.1. The van der Waals surface area contributed by atoms with Gasteiger partial charge in [0.2, 0.25) is 11.8 Å². The van der Waals surface area contributed by atoms with Crippen LogP contribution in [0.5, 0.6) is 5.75 Å². The zero-order valence-electron chi connectivity index (χ0n) is 15.0. The summed E-state index contributed by atoms with van der Waals surface area (Å²) < 4.78 is 5.12. The summed E-state index contributed by atoms with van der Waals surface area (Å²) >= 11 is 0. The predicted molar refractivity (Wildman–Crippen MR) is 100.0 cm³/mol. The number of ether oxygens (including phenoxy) is 1. The molecule has 0 spiro atoms. The highest BCUT2D eigenvalue weighted by molar-refractivity contribution is 6.04. The van der Waals surface area contributed by atoms with Crippen LogP contribution in [0.3, 0.4) is 0 Å². The third-order valence-corrected chi connectivity index (χ3v) is 4.64. The molecule has 0 radical (unpaired) electrons. The van der Waals surface area contributed by atoms with Crippen LogP contribution in [0.4, 0.5) is 17.1 Å². The molecule has 0 unspecified atom stereocenters. The fourth-order valence-corrected chi connectivity index (χ4v) is 3.08. The average Bonchev–Trinajstić information content (AvgIpc) is 3.08. The molecule has 0 saturated carbocycles. The summed E-state index contributed by atoms with van der Waals surface area (Å²) in [6.45, 7) is 0.293. The number of anilines is 2. The number of non-ortho nitro benzene ring substituents is 1. The van der Waals surface area contributed by atoms with Crippen LogP contribution in [-0.4, -0.2) is 37.4 Å². The van der Waals surface area contributed by atoms with Crippen LogP contribution >= 0.6 is 0 Å². The summed E-state index contributed by atoms with van der Waals surface area (Å²) in [5.74, 6) is -0.0976. The summed E-state index contributed by atoms with van der Waals surface area (Å²) in [6, 6.07) is 12.8. The monoisotopic (exact) mass is 369 g/mol. The fourth-order valence-electron chi connectivity index (χ4n) is 3.08. The molecule has 0 aromatic heterocycles. The SMILES string of the molecule is COc1ccc(N2C[C@@H](C(=O)N(C)c3ccc([N+](=O)[O-])cc3)CC2=O)cc1. The molecule has 8 heteroatoms. The van der Waals surface area contributed by atoms with E-state index >= 15 is 0 Å². The molecule has 0 N–H and O–H groups in total. The molecular weight excluding hydrogens is 350 g/mol. The predicted octanol–water partition coefficient (Wildman–Crippen LogP) is 2.62. The zero-order valence-corrected chi connectivity index (χ0v) is 15.0. The second-order valence-corrected chi connectivity index (χ2v) is 6.27. The largest absolute Gasteiger partial charge is 0.497 e. The van der Waals surface area contributed by atoms with Gasteiger partial charge in [0.1, 0.15) is 5.75 Å². The maximum absolute atomic E-state index is 12.8. The maximum atomic E-state index is 12.8. The quantitative estimate of drug-likeness (QED) is 0.597. The van der Waals surface area contributed by atoms with E-state index in [1.165, 1.54) is 29.2 Å². The Morgan fingerprint density at radius 1 is 1.19 bits per heavy atom. The molecule has 27 heavy (non-hydrogen) atoms. The Kier molecular flexibility index (Phi) is 5.07. The minimum atomic E-state index is -0.492. The number of nitrogens with zero attached hydrogens (tertiary/aromatic N) is 3. The number of carbonyl (C=O) groups is 2. The van der Waals surface area contributed by atoms with Gasteiger partial charge in [-0.3, -0.25) is 19.7 Å². The van der Waals surface area contributed by atoms with Crippen molar-refractivity contribution in [1.29, 1.82) is 0 Å². The highest BCUT2D eigenvalue weighted by Crippen LogP contribution is 2.29. The minimum Gasteiger partial charge on any atom is -0.497 e. The van der Waals surface area contributed by atoms with Crippen molar-refractivity contribution >= 4 is 28.9 Å². The van der Waals surface area contributed by atoms with Crippen molar-refractivity contribution < 1.29 is 19.2 Å². The number of nitro groups is 1. The van der Waals surface area contributed by atoms with Gasteiger partial charge in [0.05, 0.1) is 18.0 Å². The van der Waals surface area contributed by atoms with Crippen LogP contribution in [0, 0.1) is 16.0 Å². The Bertz CT molecular complexity index is 864. The summed E-state index contributed by atoms with van der Waals surface area (Å²) in [4.78, 5) is 38.4. The summed E-state index contributed by atoms with van der Waals surface area (Å²) in [5, 5.41) is 10.7. The fraction of sp³-hybridized carbons (Fsp3) is 0.263. The van der Waals surface area contributed by atoms with E-state index in [0.29, 0.717) is 23.7 Å². The van der Waals surface area contributed by atoms with Crippen molar-refractivity contribution in [3.8, 4) is 5.75 Å². The molecule has 1 aliphatic heterocycles. The molecule has 2 aromatic carbocycles. The van der Waals surface area contributed by atoms with Gasteiger partial charge in [-0.15, -0.1) is 0 Å². The van der Waals surface area contributed by atoms with Gasteiger partial charge in [0, 0.05) is 43.5 Å². The number of methoxy groups -OCH3 is 1. The Labute approximate surface area is 156 Å². The van der Waals surface area contributed by atoms with Crippen molar-refractivity contribution in [1.82, 2.24) is 0 Å². The van der Waals surface area contributed by atoms with Gasteiger partial charge in [-0.25, -0.2) is 0 Å². The van der Waals surface area contributed by atoms with Gasteiger partial charge >= 0.3 is 0 Å². The number of hydrogen-bond acceptors (Lipinski definition) is 5. The molecule has 1 aliphatic rings. The van der Waals surface area contributed by atoms with Gasteiger partial charge in [-0.1, -0.05) is 0 Å². The van der Waals surface area contributed by atoms with Crippen molar-refractivity contribution in [2.45, 2.75) is 6.42 Å². The number of nitro benzene ring substituents is 1. The third kappa shape index (κ3) is 3.74. The first kappa shape index (κ1) is 18.4. The van der Waals surface area contributed by atoms with Crippen LogP contribution in [-0.2, 0) is 9.59 Å². The highest BCUT2D eigenvalue weighted by Gasteiger charge is 2.36. The molecule has 140 valence electrons. The highest BCUT2D eigenvalue weighted by atomic mass is 16.6. The Morgan fingerprint density at radius 2 is 1.81 bits per heavy atom. The average molecular weight is 369 g/mol. The van der Waals surface area contributed by atoms with Gasteiger partial charge in [-0.05, 0) is 36.4 Å². The Morgan fingerprint density at radius 3 is 2.37 bits per heavy atom. The Balaban J connectivity index is 1.71. The van der Waals surface area contributed by atoms with E-state index < -0.39 is 10.8 Å². The van der Waals surface area contributed by atoms with E-state index in [4.69, 9.17) is 4.74 Å². The lowest BCUT2D eigenvalue weighted by Gasteiger charge is -2.21. The molecule has 3 rings (SSSR count). The molecule has 2 aromatic rings. The molecular formula is C19H19N3O5. The first-order chi connectivity index (χ1) is 12.9. The number of amides is 2. The number of carbonyl (C=O) groups excluding carboxylic acids is 2. The van der Waals surface area contributed by atoms with E-state index in [-0.39, 0.29) is 23.9 Å². The normalized spacial score (nSPS) is 16.3. The standard InChI is InChI=1S/C19H19N3O5/c1-20(14-3-5-16(6-4-14)22(25)26)19(24)13-11-18(23)21(12-13)15-7-9-17(27-2)10-8-15/h3-10,13H,11-12H2,1-2H3/t13-/m0/s1. The van der Waals surface area contributed by atoms with E-state index in [1.54, 1.807) is 43.3 Å². The van der Waals surface area contributed by atoms with E-state index in [0.717, 1.165) is 0 Å². The smallest absolute Gasteiger partial charge is 0.269 e. The molecule has 0 aliphatic carbocycles. The summed E-state index contributed by atoms with van der Waals surface area (Å²) in [5.41, 5.74) is 1.22. The second kappa shape index (κ2) is 7.45. The Hall–Kier alpha value is -3.42. The molecule has 2 amide bonds. The molecule has 1 heterocycles. The first-order valence-electron chi connectivity index (χ1n) is 8.37. The van der Waals surface area contributed by atoms with Crippen LogP contribution in [0.15, 0.2) is 48.5 Å². The lowest BCUT2D eigenvalue weighted by molar-refractivity contribution is -0.384.